The summed E-state index contributed by atoms with van der Waals surface area (Å²) < 4.78 is 0. The van der Waals surface area contributed by atoms with Crippen molar-refractivity contribution in [1.29, 1.82) is 0 Å². The lowest BCUT2D eigenvalue weighted by molar-refractivity contribution is 0.272. The van der Waals surface area contributed by atoms with Gasteiger partial charge in [-0.15, -0.1) is 0 Å². The fourth-order valence-electron chi connectivity index (χ4n) is 2.68. The van der Waals surface area contributed by atoms with E-state index in [0.29, 0.717) is 11.5 Å². The van der Waals surface area contributed by atoms with Crippen LogP contribution < -0.4 is 0 Å². The lowest BCUT2D eigenvalue weighted by Gasteiger charge is -2.31. The molecule has 1 aliphatic carbocycles. The number of aliphatic imine (C=N–C) groups is 1. The zero-order chi connectivity index (χ0) is 8.44. The Labute approximate surface area is 75.3 Å². The van der Waals surface area contributed by atoms with Crippen molar-refractivity contribution < 1.29 is 0 Å². The van der Waals surface area contributed by atoms with Crippen molar-refractivity contribution in [3.05, 3.63) is 0 Å². The van der Waals surface area contributed by atoms with Crippen molar-refractivity contribution >= 4 is 6.21 Å². The highest BCUT2D eigenvalue weighted by Gasteiger charge is 2.35. The fraction of sp³-hybridized carbons (Fsp3) is 0.909. The molecule has 2 aliphatic rings. The van der Waals surface area contributed by atoms with Crippen LogP contribution in [0.3, 0.4) is 0 Å². The van der Waals surface area contributed by atoms with Crippen LogP contribution in [-0.4, -0.2) is 12.3 Å². The second-order valence-corrected chi connectivity index (χ2v) is 4.47. The Morgan fingerprint density at radius 2 is 2.08 bits per heavy atom. The summed E-state index contributed by atoms with van der Waals surface area (Å²) in [5.41, 5.74) is 0.554. The number of hydrogen-bond acceptors (Lipinski definition) is 1. The summed E-state index contributed by atoms with van der Waals surface area (Å²) in [5, 5.41) is 0. The first kappa shape index (κ1) is 8.28. The molecule has 1 fully saturated rings. The van der Waals surface area contributed by atoms with Crippen LogP contribution in [0.15, 0.2) is 4.99 Å². The van der Waals surface area contributed by atoms with Gasteiger partial charge in [0.2, 0.25) is 0 Å². The van der Waals surface area contributed by atoms with Gasteiger partial charge in [0.05, 0.1) is 6.04 Å². The summed E-state index contributed by atoms with van der Waals surface area (Å²) in [6.45, 7) is 2.25. The summed E-state index contributed by atoms with van der Waals surface area (Å²) in [6, 6.07) is 0.656. The van der Waals surface area contributed by atoms with E-state index in [2.05, 4.69) is 18.1 Å². The monoisotopic (exact) mass is 165 g/mol. The van der Waals surface area contributed by atoms with Gasteiger partial charge in [-0.1, -0.05) is 26.2 Å². The third kappa shape index (κ3) is 1.41. The predicted molar refractivity (Wildman–Crippen MR) is 52.7 cm³/mol. The molecule has 68 valence electrons. The van der Waals surface area contributed by atoms with E-state index in [4.69, 9.17) is 0 Å². The van der Waals surface area contributed by atoms with Crippen LogP contribution in [0.2, 0.25) is 0 Å². The van der Waals surface area contributed by atoms with Gasteiger partial charge in [0.25, 0.3) is 0 Å². The molecule has 2 rings (SSSR count). The maximum Gasteiger partial charge on any atom is 0.0502 e. The molecule has 1 saturated carbocycles. The topological polar surface area (TPSA) is 12.4 Å². The summed E-state index contributed by atoms with van der Waals surface area (Å²) >= 11 is 0. The summed E-state index contributed by atoms with van der Waals surface area (Å²) in [5.74, 6) is 0. The van der Waals surface area contributed by atoms with Gasteiger partial charge >= 0.3 is 0 Å². The molecule has 0 aromatic carbocycles. The Morgan fingerprint density at radius 3 is 2.67 bits per heavy atom. The van der Waals surface area contributed by atoms with Gasteiger partial charge in [-0.3, -0.25) is 4.99 Å². The van der Waals surface area contributed by atoms with Crippen molar-refractivity contribution in [3.63, 3.8) is 0 Å². The second-order valence-electron chi connectivity index (χ2n) is 4.47. The van der Waals surface area contributed by atoms with Crippen molar-refractivity contribution in [2.24, 2.45) is 10.4 Å². The molecule has 0 bridgehead atoms. The Bertz CT molecular complexity index is 177. The third-order valence-corrected chi connectivity index (χ3v) is 3.52. The molecule has 1 heterocycles. The van der Waals surface area contributed by atoms with Gasteiger partial charge in [-0.05, 0) is 25.7 Å². The molecule has 0 saturated heterocycles. The second kappa shape index (κ2) is 3.20. The minimum atomic E-state index is 0.554. The molecule has 0 radical (unpaired) electrons. The molecule has 1 heteroatoms. The van der Waals surface area contributed by atoms with Gasteiger partial charge in [-0.25, -0.2) is 0 Å². The van der Waals surface area contributed by atoms with Gasteiger partial charge in [0.15, 0.2) is 0 Å². The third-order valence-electron chi connectivity index (χ3n) is 3.52. The molecular formula is C11H19N. The highest BCUT2D eigenvalue weighted by Crippen LogP contribution is 2.42. The maximum atomic E-state index is 4.61. The first-order chi connectivity index (χ1) is 5.85. The Kier molecular flexibility index (Phi) is 2.20. The van der Waals surface area contributed by atoms with E-state index < -0.39 is 0 Å². The minimum Gasteiger partial charge on any atom is -0.294 e. The molecule has 0 amide bonds. The normalized spacial score (nSPS) is 32.9. The highest BCUT2D eigenvalue weighted by atomic mass is 14.8. The Hall–Kier alpha value is -0.330. The number of hydrogen-bond donors (Lipinski definition) is 0. The summed E-state index contributed by atoms with van der Waals surface area (Å²) in [7, 11) is 0. The van der Waals surface area contributed by atoms with Crippen LogP contribution in [0, 0.1) is 5.41 Å². The van der Waals surface area contributed by atoms with E-state index in [9.17, 15) is 0 Å². The van der Waals surface area contributed by atoms with E-state index in [0.717, 1.165) is 0 Å². The standard InChI is InChI=1S/C11H19N/c1-2-10-8-11(9-12-10)6-4-3-5-7-11/h9-10H,2-8H2,1H3. The van der Waals surface area contributed by atoms with Gasteiger partial charge in [0, 0.05) is 11.6 Å². The molecule has 12 heavy (non-hydrogen) atoms. The van der Waals surface area contributed by atoms with Crippen LogP contribution in [0.1, 0.15) is 51.9 Å². The average molecular weight is 165 g/mol. The minimum absolute atomic E-state index is 0.554. The number of rotatable bonds is 1. The summed E-state index contributed by atoms with van der Waals surface area (Å²) in [4.78, 5) is 4.61. The van der Waals surface area contributed by atoms with Crippen LogP contribution >= 0.6 is 0 Å². The smallest absolute Gasteiger partial charge is 0.0502 e. The Balaban J connectivity index is 1.99. The lowest BCUT2D eigenvalue weighted by atomic mass is 9.73. The molecule has 1 atom stereocenters. The quantitative estimate of drug-likeness (QED) is 0.566. The predicted octanol–water partition coefficient (Wildman–Crippen LogP) is 3.19. The lowest BCUT2D eigenvalue weighted by Crippen LogP contribution is -2.24. The van der Waals surface area contributed by atoms with Crippen LogP contribution in [0.5, 0.6) is 0 Å². The van der Waals surface area contributed by atoms with Crippen LogP contribution in [-0.2, 0) is 0 Å². The zero-order valence-electron chi connectivity index (χ0n) is 8.05. The SMILES string of the molecule is CCC1CC2(C=N1)CCCCC2. The zero-order valence-corrected chi connectivity index (χ0v) is 8.05. The van der Waals surface area contributed by atoms with Gasteiger partial charge in [0.1, 0.15) is 0 Å². The fourth-order valence-corrected chi connectivity index (χ4v) is 2.68. The highest BCUT2D eigenvalue weighted by molar-refractivity contribution is 5.68. The summed E-state index contributed by atoms with van der Waals surface area (Å²) in [6.07, 6.45) is 12.0. The average Bonchev–Trinajstić information content (AvgIpc) is 2.50. The first-order valence-electron chi connectivity index (χ1n) is 5.39. The molecule has 0 aromatic heterocycles. The van der Waals surface area contributed by atoms with E-state index in [1.54, 1.807) is 0 Å². The molecular weight excluding hydrogens is 146 g/mol. The van der Waals surface area contributed by atoms with E-state index in [-0.39, 0.29) is 0 Å². The molecule has 1 unspecified atom stereocenters. The molecule has 0 N–H and O–H groups in total. The van der Waals surface area contributed by atoms with E-state index in [1.807, 2.05) is 0 Å². The molecule has 1 spiro atoms. The van der Waals surface area contributed by atoms with E-state index in [1.165, 1.54) is 44.9 Å². The molecule has 1 aliphatic heterocycles. The molecule has 0 aromatic rings. The molecule has 1 nitrogen and oxygen atoms in total. The van der Waals surface area contributed by atoms with Gasteiger partial charge in [-0.2, -0.15) is 0 Å². The van der Waals surface area contributed by atoms with Crippen molar-refractivity contribution in [3.8, 4) is 0 Å². The first-order valence-corrected chi connectivity index (χ1v) is 5.39. The van der Waals surface area contributed by atoms with Crippen molar-refractivity contribution in [2.75, 3.05) is 0 Å². The van der Waals surface area contributed by atoms with Crippen LogP contribution in [0.25, 0.3) is 0 Å². The van der Waals surface area contributed by atoms with Crippen molar-refractivity contribution in [1.82, 2.24) is 0 Å². The van der Waals surface area contributed by atoms with Crippen molar-refractivity contribution in [2.45, 2.75) is 57.9 Å². The Morgan fingerprint density at radius 1 is 1.33 bits per heavy atom. The van der Waals surface area contributed by atoms with Gasteiger partial charge < -0.3 is 0 Å². The number of nitrogens with zero attached hydrogens (tertiary/aromatic N) is 1. The maximum absolute atomic E-state index is 4.61. The van der Waals surface area contributed by atoms with E-state index >= 15 is 0 Å². The largest absolute Gasteiger partial charge is 0.294 e. The van der Waals surface area contributed by atoms with Crippen LogP contribution in [0.4, 0.5) is 0 Å².